The fraction of sp³-hybridized carbons (Fsp3) is 0.167. The number of halogens is 3. The minimum Gasteiger partial charge on any atom is -0.497 e. The fourth-order valence-electron chi connectivity index (χ4n) is 3.36. The Morgan fingerprint density at radius 1 is 0.972 bits per heavy atom. The van der Waals surface area contributed by atoms with Crippen LogP contribution < -0.4 is 9.46 Å². The highest BCUT2D eigenvalue weighted by atomic mass is 32.2. The minimum atomic E-state index is -4.88. The van der Waals surface area contributed by atoms with E-state index in [-0.39, 0.29) is 22.0 Å². The van der Waals surface area contributed by atoms with E-state index < -0.39 is 21.8 Å². The van der Waals surface area contributed by atoms with Gasteiger partial charge in [0, 0.05) is 24.0 Å². The van der Waals surface area contributed by atoms with E-state index >= 15 is 0 Å². The first-order chi connectivity index (χ1) is 16.9. The predicted molar refractivity (Wildman–Crippen MR) is 126 cm³/mol. The van der Waals surface area contributed by atoms with Gasteiger partial charge in [0.05, 0.1) is 23.4 Å². The third-order valence-corrected chi connectivity index (χ3v) is 6.89. The van der Waals surface area contributed by atoms with Crippen LogP contribution in [0.2, 0.25) is 0 Å². The van der Waals surface area contributed by atoms with E-state index in [4.69, 9.17) is 4.74 Å². The lowest BCUT2D eigenvalue weighted by atomic mass is 9.95. The summed E-state index contributed by atoms with van der Waals surface area (Å²) in [6.45, 7) is 0.659. The van der Waals surface area contributed by atoms with Gasteiger partial charge in [0.1, 0.15) is 11.6 Å². The second kappa shape index (κ2) is 9.28. The van der Waals surface area contributed by atoms with Gasteiger partial charge in [0.2, 0.25) is 0 Å². The van der Waals surface area contributed by atoms with Gasteiger partial charge in [-0.15, -0.1) is 0 Å². The summed E-state index contributed by atoms with van der Waals surface area (Å²) in [5, 5.41) is 14.4. The average Bonchev–Trinajstić information content (AvgIpc) is 3.27. The Balaban J connectivity index is 1.76. The Kier molecular flexibility index (Phi) is 6.50. The van der Waals surface area contributed by atoms with Crippen LogP contribution >= 0.6 is 0 Å². The molecule has 0 bridgehead atoms. The maximum atomic E-state index is 13.2. The van der Waals surface area contributed by atoms with E-state index in [2.05, 4.69) is 14.8 Å². The number of alkyl halides is 3. The molecule has 0 saturated heterocycles. The van der Waals surface area contributed by atoms with Crippen LogP contribution in [0, 0.1) is 0 Å². The molecule has 2 N–H and O–H groups in total. The summed E-state index contributed by atoms with van der Waals surface area (Å²) in [7, 11) is -2.60. The van der Waals surface area contributed by atoms with Gasteiger partial charge in [0.15, 0.2) is 5.60 Å². The quantitative estimate of drug-likeness (QED) is 0.373. The van der Waals surface area contributed by atoms with Crippen molar-refractivity contribution in [1.82, 2.24) is 14.8 Å². The summed E-state index contributed by atoms with van der Waals surface area (Å²) >= 11 is 0. The molecule has 0 aliphatic carbocycles. The summed E-state index contributed by atoms with van der Waals surface area (Å²) < 4.78 is 74.6. The van der Waals surface area contributed by atoms with Crippen LogP contribution in [0.25, 0.3) is 16.9 Å². The van der Waals surface area contributed by atoms with Gasteiger partial charge < -0.3 is 9.84 Å². The molecule has 1 unspecified atom stereocenters. The summed E-state index contributed by atoms with van der Waals surface area (Å²) in [5.41, 5.74) is -2.12. The molecule has 36 heavy (non-hydrogen) atoms. The number of methoxy groups -OCH3 is 1. The molecule has 2 aromatic heterocycles. The number of aromatic nitrogens is 3. The number of hydrogen-bond donors (Lipinski definition) is 2. The third kappa shape index (κ3) is 4.90. The first kappa shape index (κ1) is 25.2. The summed E-state index contributed by atoms with van der Waals surface area (Å²) in [6, 6.07) is 15.4. The largest absolute Gasteiger partial charge is 0.497 e. The molecule has 0 spiro atoms. The predicted octanol–water partition coefficient (Wildman–Crippen LogP) is 4.51. The maximum absolute atomic E-state index is 13.2. The standard InChI is InChI=1S/C24H21F3N4O4S/c1-23(32,24(25,26)27)17-3-5-18(6-4-17)31-22(15-21(29-31)16-11-13-28-14-12-16)30-36(33,34)20-9-7-19(35-2)8-10-20/h3-15,30,32H,1-2H3. The molecule has 0 fully saturated rings. The fourth-order valence-corrected chi connectivity index (χ4v) is 4.39. The number of nitrogens with one attached hydrogen (secondary N) is 1. The van der Waals surface area contributed by atoms with Crippen LogP contribution in [0.5, 0.6) is 5.75 Å². The Morgan fingerprint density at radius 2 is 1.58 bits per heavy atom. The number of nitrogens with zero attached hydrogens (tertiary/aromatic N) is 3. The second-order valence-corrected chi connectivity index (χ2v) is 9.64. The van der Waals surface area contributed by atoms with E-state index in [0.29, 0.717) is 23.9 Å². The number of benzene rings is 2. The van der Waals surface area contributed by atoms with Gasteiger partial charge in [-0.25, -0.2) is 13.1 Å². The first-order valence-electron chi connectivity index (χ1n) is 10.5. The van der Waals surface area contributed by atoms with Crippen molar-refractivity contribution in [2.45, 2.75) is 23.6 Å². The number of ether oxygens (including phenoxy) is 1. The van der Waals surface area contributed by atoms with E-state index in [1.165, 1.54) is 54.3 Å². The van der Waals surface area contributed by atoms with Crippen molar-refractivity contribution in [2.75, 3.05) is 11.8 Å². The van der Waals surface area contributed by atoms with Crippen LogP contribution in [0.1, 0.15) is 12.5 Å². The lowest BCUT2D eigenvalue weighted by Gasteiger charge is -2.26. The molecule has 12 heteroatoms. The van der Waals surface area contributed by atoms with Crippen molar-refractivity contribution < 1.29 is 31.4 Å². The molecule has 8 nitrogen and oxygen atoms in total. The number of pyridine rings is 1. The monoisotopic (exact) mass is 518 g/mol. The van der Waals surface area contributed by atoms with E-state index in [1.54, 1.807) is 24.5 Å². The molecule has 0 aliphatic rings. The molecule has 4 rings (SSSR count). The zero-order valence-electron chi connectivity index (χ0n) is 19.1. The van der Waals surface area contributed by atoms with Gasteiger partial charge in [-0.1, -0.05) is 12.1 Å². The highest BCUT2D eigenvalue weighted by Crippen LogP contribution is 2.38. The van der Waals surface area contributed by atoms with Gasteiger partial charge in [-0.2, -0.15) is 18.3 Å². The Bertz CT molecular complexity index is 1450. The minimum absolute atomic E-state index is 0.0296. The van der Waals surface area contributed by atoms with Gasteiger partial charge >= 0.3 is 6.18 Å². The SMILES string of the molecule is COc1ccc(S(=O)(=O)Nc2cc(-c3ccncc3)nn2-c2ccc(C(C)(O)C(F)(F)F)cc2)cc1. The van der Waals surface area contributed by atoms with Crippen LogP contribution in [-0.4, -0.2) is 41.6 Å². The van der Waals surface area contributed by atoms with Crippen molar-refractivity contribution in [1.29, 1.82) is 0 Å². The Hall–Kier alpha value is -3.90. The molecule has 0 amide bonds. The van der Waals surface area contributed by atoms with Gasteiger partial charge in [-0.05, 0) is 61.0 Å². The number of anilines is 1. The molecule has 1 atom stereocenters. The molecule has 0 radical (unpaired) electrons. The lowest BCUT2D eigenvalue weighted by molar-refractivity contribution is -0.258. The van der Waals surface area contributed by atoms with Crippen molar-refractivity contribution in [2.24, 2.45) is 0 Å². The Morgan fingerprint density at radius 3 is 2.14 bits per heavy atom. The summed E-state index contributed by atoms with van der Waals surface area (Å²) in [6.07, 6.45) is -1.79. The van der Waals surface area contributed by atoms with E-state index in [9.17, 15) is 26.7 Å². The number of hydrogen-bond acceptors (Lipinski definition) is 6. The van der Waals surface area contributed by atoms with Gasteiger partial charge in [-0.3, -0.25) is 9.71 Å². The van der Waals surface area contributed by atoms with Crippen LogP contribution in [0.3, 0.4) is 0 Å². The molecule has 0 aliphatic heterocycles. The zero-order valence-corrected chi connectivity index (χ0v) is 19.9. The molecule has 4 aromatic rings. The van der Waals surface area contributed by atoms with E-state index in [0.717, 1.165) is 12.1 Å². The highest BCUT2D eigenvalue weighted by molar-refractivity contribution is 7.92. The topological polar surface area (TPSA) is 106 Å². The summed E-state index contributed by atoms with van der Waals surface area (Å²) in [5.74, 6) is 0.529. The van der Waals surface area contributed by atoms with Crippen LogP contribution in [0.4, 0.5) is 19.0 Å². The molecule has 0 saturated carbocycles. The lowest BCUT2D eigenvalue weighted by Crippen LogP contribution is -2.39. The van der Waals surface area contributed by atoms with Crippen molar-refractivity contribution in [3.05, 3.63) is 84.7 Å². The smallest absolute Gasteiger partial charge is 0.421 e. The highest BCUT2D eigenvalue weighted by Gasteiger charge is 2.51. The van der Waals surface area contributed by atoms with E-state index in [1.807, 2.05) is 0 Å². The van der Waals surface area contributed by atoms with Crippen LogP contribution in [0.15, 0.2) is 84.0 Å². The third-order valence-electron chi connectivity index (χ3n) is 5.52. The molecular weight excluding hydrogens is 497 g/mol. The number of sulfonamides is 1. The van der Waals surface area contributed by atoms with Crippen molar-refractivity contribution in [3.8, 4) is 22.7 Å². The normalized spacial score (nSPS) is 13.7. The molecule has 2 heterocycles. The van der Waals surface area contributed by atoms with Crippen molar-refractivity contribution in [3.63, 3.8) is 0 Å². The molecular formula is C24H21F3N4O4S. The van der Waals surface area contributed by atoms with Crippen molar-refractivity contribution >= 4 is 15.8 Å². The maximum Gasteiger partial charge on any atom is 0.421 e. The Labute approximate surface area is 205 Å². The zero-order chi connectivity index (χ0) is 26.1. The second-order valence-electron chi connectivity index (χ2n) is 7.96. The first-order valence-corrected chi connectivity index (χ1v) is 12.0. The number of rotatable bonds is 7. The number of aliphatic hydroxyl groups is 1. The molecule has 2 aromatic carbocycles. The molecule has 188 valence electrons. The van der Waals surface area contributed by atoms with Gasteiger partial charge in [0.25, 0.3) is 10.0 Å². The summed E-state index contributed by atoms with van der Waals surface area (Å²) in [4.78, 5) is 3.92. The van der Waals surface area contributed by atoms with Crippen LogP contribution in [-0.2, 0) is 15.6 Å². The average molecular weight is 519 g/mol.